The molecule has 0 saturated carbocycles. The summed E-state index contributed by atoms with van der Waals surface area (Å²) < 4.78 is 127. The molecule has 0 aromatic heterocycles. The number of nitrogens with one attached hydrogen (secondary N) is 2. The SMILES string of the molecule is O=C(C[C@@H]1CCc2cc(C(O)(C(F)(F)F)C(F)(F)F)ccc2N1S(=O)(=O)c1ccc(F)cc1)NCC1CNC(=O)O1. The standard InChI is InChI=1S/C24H22F7N3O6S/c25-15-3-6-18(7-4-15)41(38,39)34-16(10-20(35)32-11-17-12-33-21(36)40-17)5-1-13-9-14(2-8-19(13)34)22(37,23(26,27)28)24(29,30)31/h2-4,6-9,16-17,37H,1,5,10-12H2,(H,32,35)(H,33,36)/t16-,17?/m0/s1. The zero-order valence-electron chi connectivity index (χ0n) is 20.7. The summed E-state index contributed by atoms with van der Waals surface area (Å²) in [4.78, 5) is 23.4. The largest absolute Gasteiger partial charge is 0.442 e. The monoisotopic (exact) mass is 613 g/mol. The number of alkyl halides is 6. The van der Waals surface area contributed by atoms with Gasteiger partial charge in [0.2, 0.25) is 5.91 Å². The minimum absolute atomic E-state index is 0.109. The van der Waals surface area contributed by atoms with Crippen molar-refractivity contribution in [1.82, 2.24) is 10.6 Å². The molecule has 0 spiro atoms. The van der Waals surface area contributed by atoms with E-state index in [1.54, 1.807) is 0 Å². The van der Waals surface area contributed by atoms with Gasteiger partial charge in [-0.25, -0.2) is 17.6 Å². The molecule has 1 fully saturated rings. The first-order valence-electron chi connectivity index (χ1n) is 12.0. The number of ether oxygens (including phenoxy) is 1. The van der Waals surface area contributed by atoms with Crippen LogP contribution in [-0.2, 0) is 31.6 Å². The number of rotatable bonds is 7. The van der Waals surface area contributed by atoms with E-state index in [4.69, 9.17) is 4.74 Å². The molecule has 0 bridgehead atoms. The Morgan fingerprint density at radius 2 is 1.71 bits per heavy atom. The molecule has 2 amide bonds. The fourth-order valence-electron chi connectivity index (χ4n) is 4.64. The Hall–Kier alpha value is -3.60. The van der Waals surface area contributed by atoms with Crippen LogP contribution in [0, 0.1) is 5.82 Å². The zero-order valence-corrected chi connectivity index (χ0v) is 21.5. The fraction of sp³-hybridized carbons (Fsp3) is 0.417. The van der Waals surface area contributed by atoms with Gasteiger partial charge in [-0.3, -0.25) is 9.10 Å². The van der Waals surface area contributed by atoms with Gasteiger partial charge < -0.3 is 20.5 Å². The average Bonchev–Trinajstić information content (AvgIpc) is 3.30. The maximum absolute atomic E-state index is 13.7. The second kappa shape index (κ2) is 10.7. The van der Waals surface area contributed by atoms with Crippen molar-refractivity contribution in [3.63, 3.8) is 0 Å². The number of aryl methyl sites for hydroxylation is 1. The smallest absolute Gasteiger partial charge is 0.430 e. The van der Waals surface area contributed by atoms with Gasteiger partial charge in [0, 0.05) is 12.0 Å². The fourth-order valence-corrected chi connectivity index (χ4v) is 6.36. The van der Waals surface area contributed by atoms with Crippen molar-refractivity contribution in [2.75, 3.05) is 17.4 Å². The number of halogens is 7. The quantitative estimate of drug-likeness (QED) is 0.412. The van der Waals surface area contributed by atoms with Gasteiger partial charge in [-0.05, 0) is 48.7 Å². The summed E-state index contributed by atoms with van der Waals surface area (Å²) in [6, 6.07) is 3.80. The minimum atomic E-state index is -6.15. The van der Waals surface area contributed by atoms with Crippen molar-refractivity contribution in [2.24, 2.45) is 0 Å². The summed E-state index contributed by atoms with van der Waals surface area (Å²) in [6.45, 7) is 0.00788. The molecule has 1 saturated heterocycles. The number of benzene rings is 2. The van der Waals surface area contributed by atoms with E-state index in [0.29, 0.717) is 22.5 Å². The Morgan fingerprint density at radius 1 is 1.07 bits per heavy atom. The number of nitrogens with zero attached hydrogens (tertiary/aromatic N) is 1. The number of carbonyl (C=O) groups is 2. The molecule has 3 N–H and O–H groups in total. The molecule has 0 radical (unpaired) electrons. The average molecular weight is 614 g/mol. The van der Waals surface area contributed by atoms with E-state index in [0.717, 1.165) is 24.3 Å². The van der Waals surface area contributed by atoms with Crippen LogP contribution in [0.3, 0.4) is 0 Å². The number of anilines is 1. The molecule has 1 unspecified atom stereocenters. The van der Waals surface area contributed by atoms with Gasteiger partial charge in [-0.15, -0.1) is 0 Å². The van der Waals surface area contributed by atoms with Crippen molar-refractivity contribution < 1.29 is 58.6 Å². The molecule has 2 aliphatic rings. The Kier molecular flexibility index (Phi) is 7.90. The van der Waals surface area contributed by atoms with Crippen molar-refractivity contribution in [3.05, 3.63) is 59.4 Å². The molecule has 41 heavy (non-hydrogen) atoms. The van der Waals surface area contributed by atoms with Gasteiger partial charge in [0.15, 0.2) is 0 Å². The van der Waals surface area contributed by atoms with E-state index >= 15 is 0 Å². The highest BCUT2D eigenvalue weighted by Crippen LogP contribution is 2.51. The lowest BCUT2D eigenvalue weighted by Gasteiger charge is -2.39. The van der Waals surface area contributed by atoms with E-state index in [2.05, 4.69) is 10.6 Å². The second-order valence-electron chi connectivity index (χ2n) is 9.41. The summed E-state index contributed by atoms with van der Waals surface area (Å²) in [7, 11) is -4.63. The van der Waals surface area contributed by atoms with Crippen molar-refractivity contribution in [2.45, 2.75) is 54.3 Å². The predicted molar refractivity (Wildman–Crippen MR) is 127 cm³/mol. The van der Waals surface area contributed by atoms with Crippen LogP contribution >= 0.6 is 0 Å². The van der Waals surface area contributed by atoms with Crippen LogP contribution in [0.15, 0.2) is 47.4 Å². The van der Waals surface area contributed by atoms with E-state index in [-0.39, 0.29) is 37.2 Å². The van der Waals surface area contributed by atoms with Crippen LogP contribution in [0.5, 0.6) is 0 Å². The number of cyclic esters (lactones) is 1. The first kappa shape index (κ1) is 30.4. The van der Waals surface area contributed by atoms with Gasteiger partial charge >= 0.3 is 18.4 Å². The third-order valence-electron chi connectivity index (χ3n) is 6.70. The lowest BCUT2D eigenvalue weighted by molar-refractivity contribution is -0.376. The number of aliphatic hydroxyl groups is 1. The highest BCUT2D eigenvalue weighted by atomic mass is 32.2. The number of sulfonamides is 1. The van der Waals surface area contributed by atoms with Crippen LogP contribution in [0.2, 0.25) is 0 Å². The number of alkyl carbamates (subject to hydrolysis) is 1. The third-order valence-corrected chi connectivity index (χ3v) is 8.58. The van der Waals surface area contributed by atoms with E-state index in [1.165, 1.54) is 0 Å². The van der Waals surface area contributed by atoms with Gasteiger partial charge in [0.05, 0.1) is 29.7 Å². The maximum Gasteiger partial charge on any atom is 0.430 e. The van der Waals surface area contributed by atoms with Crippen LogP contribution in [0.4, 0.5) is 41.2 Å². The summed E-state index contributed by atoms with van der Waals surface area (Å²) in [5, 5.41) is 14.7. The maximum atomic E-state index is 13.7. The van der Waals surface area contributed by atoms with Gasteiger partial charge in [-0.2, -0.15) is 26.3 Å². The van der Waals surface area contributed by atoms with E-state index in [9.17, 15) is 53.8 Å². The highest BCUT2D eigenvalue weighted by molar-refractivity contribution is 7.92. The summed E-state index contributed by atoms with van der Waals surface area (Å²) >= 11 is 0. The van der Waals surface area contributed by atoms with Crippen LogP contribution < -0.4 is 14.9 Å². The van der Waals surface area contributed by atoms with Crippen LogP contribution in [0.25, 0.3) is 0 Å². The number of hydrogen-bond acceptors (Lipinski definition) is 6. The number of amides is 2. The topological polar surface area (TPSA) is 125 Å². The Morgan fingerprint density at radius 3 is 2.27 bits per heavy atom. The third kappa shape index (κ3) is 5.77. The summed E-state index contributed by atoms with van der Waals surface area (Å²) in [5.41, 5.74) is -7.37. The summed E-state index contributed by atoms with van der Waals surface area (Å²) in [6.07, 6.45) is -14.6. The molecule has 2 aromatic carbocycles. The lowest BCUT2D eigenvalue weighted by Crippen LogP contribution is -2.54. The van der Waals surface area contributed by atoms with Crippen LogP contribution in [-0.4, -0.2) is 63.1 Å². The molecular formula is C24H22F7N3O6S. The van der Waals surface area contributed by atoms with Gasteiger partial charge in [-0.1, -0.05) is 12.1 Å². The molecule has 9 nitrogen and oxygen atoms in total. The zero-order chi connectivity index (χ0) is 30.4. The molecule has 2 atom stereocenters. The Bertz CT molecular complexity index is 1420. The lowest BCUT2D eigenvalue weighted by atomic mass is 9.87. The van der Waals surface area contributed by atoms with Crippen LogP contribution in [0.1, 0.15) is 24.0 Å². The molecule has 17 heteroatoms. The van der Waals surface area contributed by atoms with E-state index in [1.807, 2.05) is 0 Å². The molecule has 2 aromatic rings. The molecule has 2 aliphatic heterocycles. The minimum Gasteiger partial charge on any atom is -0.442 e. The molecule has 4 rings (SSSR count). The molecule has 224 valence electrons. The predicted octanol–water partition coefficient (Wildman–Crippen LogP) is 3.26. The Balaban J connectivity index is 1.72. The second-order valence-corrected chi connectivity index (χ2v) is 11.2. The first-order chi connectivity index (χ1) is 18.9. The van der Waals surface area contributed by atoms with Crippen molar-refractivity contribution in [3.8, 4) is 0 Å². The molecule has 2 heterocycles. The van der Waals surface area contributed by atoms with E-state index < -0.39 is 74.8 Å². The summed E-state index contributed by atoms with van der Waals surface area (Å²) in [5.74, 6) is -1.45. The first-order valence-corrected chi connectivity index (χ1v) is 13.4. The normalized spacial score (nSPS) is 19.8. The number of hydrogen-bond donors (Lipinski definition) is 3. The molecular weight excluding hydrogens is 591 g/mol. The number of fused-ring (bicyclic) bond motifs is 1. The van der Waals surface area contributed by atoms with Crippen molar-refractivity contribution in [1.29, 1.82) is 0 Å². The Labute approximate surface area is 228 Å². The van der Waals surface area contributed by atoms with Gasteiger partial charge in [0.25, 0.3) is 15.6 Å². The highest BCUT2D eigenvalue weighted by Gasteiger charge is 2.71. The van der Waals surface area contributed by atoms with Crippen molar-refractivity contribution >= 4 is 27.7 Å². The molecule has 0 aliphatic carbocycles. The number of carbonyl (C=O) groups excluding carboxylic acids is 2. The van der Waals surface area contributed by atoms with Gasteiger partial charge in [0.1, 0.15) is 11.9 Å².